The monoisotopic (exact) mass is 427 g/mol. The molecule has 0 aliphatic carbocycles. The van der Waals surface area contributed by atoms with Gasteiger partial charge < -0.3 is 18.9 Å². The summed E-state index contributed by atoms with van der Waals surface area (Å²) in [6.45, 7) is 3.60. The summed E-state index contributed by atoms with van der Waals surface area (Å²) in [5, 5.41) is 0. The van der Waals surface area contributed by atoms with E-state index in [-0.39, 0.29) is 5.91 Å². The lowest BCUT2D eigenvalue weighted by atomic mass is 10.2. The summed E-state index contributed by atoms with van der Waals surface area (Å²) >= 11 is 1.36. The Labute approximate surface area is 179 Å². The van der Waals surface area contributed by atoms with Crippen LogP contribution in [0.4, 0.5) is 5.69 Å². The van der Waals surface area contributed by atoms with Gasteiger partial charge in [-0.3, -0.25) is 4.79 Å². The van der Waals surface area contributed by atoms with Crippen molar-refractivity contribution in [3.8, 4) is 0 Å². The van der Waals surface area contributed by atoms with Gasteiger partial charge in [-0.05, 0) is 49.4 Å². The molecule has 0 fully saturated rings. The minimum atomic E-state index is -0.401. The first-order chi connectivity index (χ1) is 14.4. The third kappa shape index (κ3) is 4.77. The number of methoxy groups -OCH3 is 1. The normalized spacial score (nSPS) is 11.7. The van der Waals surface area contributed by atoms with Crippen molar-refractivity contribution < 1.29 is 19.1 Å². The molecule has 3 rings (SSSR count). The van der Waals surface area contributed by atoms with Gasteiger partial charge in [0.25, 0.3) is 5.91 Å². The van der Waals surface area contributed by atoms with Gasteiger partial charge in [-0.1, -0.05) is 11.3 Å². The van der Waals surface area contributed by atoms with E-state index in [0.29, 0.717) is 35.7 Å². The third-order valence-electron chi connectivity index (χ3n) is 4.60. The van der Waals surface area contributed by atoms with E-state index in [4.69, 9.17) is 9.47 Å². The summed E-state index contributed by atoms with van der Waals surface area (Å²) in [5.74, 6) is -0.716. The predicted molar refractivity (Wildman–Crippen MR) is 118 cm³/mol. The van der Waals surface area contributed by atoms with Crippen LogP contribution in [0.1, 0.15) is 27.6 Å². The number of thiazole rings is 1. The molecule has 1 heterocycles. The van der Waals surface area contributed by atoms with Crippen LogP contribution in [-0.2, 0) is 16.0 Å². The van der Waals surface area contributed by atoms with Gasteiger partial charge in [0.05, 0.1) is 29.5 Å². The summed E-state index contributed by atoms with van der Waals surface area (Å²) in [6, 6.07) is 12.6. The van der Waals surface area contributed by atoms with Crippen LogP contribution < -0.4 is 9.70 Å². The molecule has 0 aliphatic heterocycles. The van der Waals surface area contributed by atoms with E-state index in [2.05, 4.69) is 4.99 Å². The van der Waals surface area contributed by atoms with Gasteiger partial charge in [-0.2, -0.15) is 4.99 Å². The highest BCUT2D eigenvalue weighted by Crippen LogP contribution is 2.20. The van der Waals surface area contributed by atoms with Crippen LogP contribution in [-0.4, -0.2) is 50.9 Å². The number of benzene rings is 2. The first kappa shape index (κ1) is 21.7. The summed E-state index contributed by atoms with van der Waals surface area (Å²) in [5.41, 5.74) is 2.88. The number of anilines is 1. The van der Waals surface area contributed by atoms with Crippen LogP contribution in [0.5, 0.6) is 0 Å². The Hall–Kier alpha value is -2.97. The van der Waals surface area contributed by atoms with E-state index < -0.39 is 5.97 Å². The van der Waals surface area contributed by atoms with Crippen molar-refractivity contribution >= 4 is 39.1 Å². The van der Waals surface area contributed by atoms with Gasteiger partial charge in [0.2, 0.25) is 0 Å². The number of ether oxygens (including phenoxy) is 2. The van der Waals surface area contributed by atoms with Gasteiger partial charge in [-0.25, -0.2) is 4.79 Å². The van der Waals surface area contributed by atoms with Crippen LogP contribution in [0.15, 0.2) is 47.5 Å². The number of carbonyl (C=O) groups excluding carboxylic acids is 2. The number of hydrogen-bond acceptors (Lipinski definition) is 6. The highest BCUT2D eigenvalue weighted by atomic mass is 32.1. The zero-order valence-corrected chi connectivity index (χ0v) is 18.4. The molecular formula is C22H25N3O4S. The highest BCUT2D eigenvalue weighted by Gasteiger charge is 2.13. The molecule has 7 nitrogen and oxygen atoms in total. The molecule has 0 radical (unpaired) electrons. The molecule has 30 heavy (non-hydrogen) atoms. The van der Waals surface area contributed by atoms with Gasteiger partial charge in [-0.15, -0.1) is 0 Å². The maximum atomic E-state index is 12.8. The molecule has 1 aromatic heterocycles. The molecule has 0 spiro atoms. The van der Waals surface area contributed by atoms with Crippen molar-refractivity contribution in [3.05, 3.63) is 58.4 Å². The Balaban J connectivity index is 2.03. The first-order valence-electron chi connectivity index (χ1n) is 9.60. The minimum Gasteiger partial charge on any atom is -0.465 e. The van der Waals surface area contributed by atoms with Gasteiger partial charge in [0.1, 0.15) is 0 Å². The second-order valence-electron chi connectivity index (χ2n) is 6.77. The lowest BCUT2D eigenvalue weighted by Crippen LogP contribution is -2.19. The van der Waals surface area contributed by atoms with Crippen molar-refractivity contribution in [2.75, 3.05) is 39.3 Å². The number of carbonyl (C=O) groups is 2. The SMILES string of the molecule is CCOCCn1c(=NC(=O)c2ccc(N(C)C)cc2)sc2cc(C(=O)OC)ccc21. The molecule has 0 atom stereocenters. The van der Waals surface area contributed by atoms with Crippen molar-refractivity contribution in [1.82, 2.24) is 4.57 Å². The fourth-order valence-corrected chi connectivity index (χ4v) is 4.07. The van der Waals surface area contributed by atoms with Crippen molar-refractivity contribution in [2.24, 2.45) is 4.99 Å². The van der Waals surface area contributed by atoms with Crippen LogP contribution in [0.3, 0.4) is 0 Å². The highest BCUT2D eigenvalue weighted by molar-refractivity contribution is 7.16. The molecule has 3 aromatic rings. The number of aromatic nitrogens is 1. The molecule has 0 unspecified atom stereocenters. The molecule has 1 amide bonds. The predicted octanol–water partition coefficient (Wildman–Crippen LogP) is 3.33. The molecule has 0 saturated carbocycles. The van der Waals surface area contributed by atoms with E-state index in [9.17, 15) is 9.59 Å². The first-order valence-corrected chi connectivity index (χ1v) is 10.4. The molecule has 0 saturated heterocycles. The maximum absolute atomic E-state index is 12.8. The van der Waals surface area contributed by atoms with Gasteiger partial charge >= 0.3 is 5.97 Å². The zero-order valence-electron chi connectivity index (χ0n) is 17.5. The summed E-state index contributed by atoms with van der Waals surface area (Å²) in [4.78, 5) is 31.6. The Bertz CT molecular complexity index is 1110. The van der Waals surface area contributed by atoms with Gasteiger partial charge in [0, 0.05) is 38.5 Å². The topological polar surface area (TPSA) is 73.1 Å². The standard InChI is InChI=1S/C22H25N3O4S/c1-5-29-13-12-25-18-11-8-16(21(27)28-4)14-19(18)30-22(25)23-20(26)15-6-9-17(10-7-15)24(2)3/h6-11,14H,5,12-13H2,1-4H3. The fourth-order valence-electron chi connectivity index (χ4n) is 2.97. The lowest BCUT2D eigenvalue weighted by Gasteiger charge is -2.11. The molecule has 158 valence electrons. The van der Waals surface area contributed by atoms with E-state index in [1.165, 1.54) is 18.4 Å². The summed E-state index contributed by atoms with van der Waals surface area (Å²) in [7, 11) is 5.24. The number of amides is 1. The Morgan fingerprint density at radius 3 is 2.43 bits per heavy atom. The molecule has 8 heteroatoms. The van der Waals surface area contributed by atoms with Crippen LogP contribution in [0.25, 0.3) is 10.2 Å². The molecule has 0 aliphatic rings. The average Bonchev–Trinajstić information content (AvgIpc) is 3.09. The fraction of sp³-hybridized carbons (Fsp3) is 0.318. The van der Waals surface area contributed by atoms with E-state index >= 15 is 0 Å². The van der Waals surface area contributed by atoms with Crippen LogP contribution in [0, 0.1) is 0 Å². The van der Waals surface area contributed by atoms with Crippen LogP contribution >= 0.6 is 11.3 Å². The van der Waals surface area contributed by atoms with E-state index in [1.807, 2.05) is 48.7 Å². The largest absolute Gasteiger partial charge is 0.465 e. The van der Waals surface area contributed by atoms with Crippen molar-refractivity contribution in [3.63, 3.8) is 0 Å². The average molecular weight is 428 g/mol. The molecule has 0 bridgehead atoms. The smallest absolute Gasteiger partial charge is 0.337 e. The van der Waals surface area contributed by atoms with Crippen molar-refractivity contribution in [2.45, 2.75) is 13.5 Å². The number of nitrogens with zero attached hydrogens (tertiary/aromatic N) is 3. The summed E-state index contributed by atoms with van der Waals surface area (Å²) < 4.78 is 13.1. The minimum absolute atomic E-state index is 0.315. The Morgan fingerprint density at radius 1 is 1.10 bits per heavy atom. The number of hydrogen-bond donors (Lipinski definition) is 0. The number of esters is 1. The number of rotatable bonds is 7. The van der Waals surface area contributed by atoms with Crippen LogP contribution in [0.2, 0.25) is 0 Å². The Kier molecular flexibility index (Phi) is 7.02. The maximum Gasteiger partial charge on any atom is 0.337 e. The Morgan fingerprint density at radius 2 is 1.80 bits per heavy atom. The molecule has 0 N–H and O–H groups in total. The zero-order chi connectivity index (χ0) is 21.7. The second kappa shape index (κ2) is 9.69. The van der Waals surface area contributed by atoms with E-state index in [1.54, 1.807) is 24.3 Å². The quantitative estimate of drug-likeness (QED) is 0.427. The third-order valence-corrected chi connectivity index (χ3v) is 5.64. The lowest BCUT2D eigenvalue weighted by molar-refractivity contribution is 0.0600. The second-order valence-corrected chi connectivity index (χ2v) is 7.77. The summed E-state index contributed by atoms with van der Waals surface area (Å²) in [6.07, 6.45) is 0. The molecular weight excluding hydrogens is 402 g/mol. The number of fused-ring (bicyclic) bond motifs is 1. The van der Waals surface area contributed by atoms with Gasteiger partial charge in [0.15, 0.2) is 4.80 Å². The van der Waals surface area contributed by atoms with Crippen molar-refractivity contribution in [1.29, 1.82) is 0 Å². The van der Waals surface area contributed by atoms with E-state index in [0.717, 1.165) is 15.9 Å². The molecule has 2 aromatic carbocycles.